The van der Waals surface area contributed by atoms with Crippen LogP contribution in [0, 0.1) is 0 Å². The number of rotatable bonds is 0. The summed E-state index contributed by atoms with van der Waals surface area (Å²) >= 11 is 6.14. The predicted octanol–water partition coefficient (Wildman–Crippen LogP) is 1.97. The van der Waals surface area contributed by atoms with Crippen molar-refractivity contribution in [3.05, 3.63) is 15.8 Å². The van der Waals surface area contributed by atoms with Gasteiger partial charge in [-0.2, -0.15) is 4.98 Å². The third kappa shape index (κ3) is 3.22. The van der Waals surface area contributed by atoms with Crippen molar-refractivity contribution in [2.75, 3.05) is 0 Å². The third-order valence-corrected chi connectivity index (χ3v) is 1.28. The Morgan fingerprint density at radius 1 is 1.11 bits per heavy atom. The minimum atomic E-state index is 0. The first-order valence-corrected chi connectivity index (χ1v) is 3.37. The second-order valence-corrected chi connectivity index (χ2v) is 2.44. The molecule has 6 heteroatoms. The van der Waals surface area contributed by atoms with Crippen molar-refractivity contribution in [1.82, 2.24) is 15.0 Å². The van der Waals surface area contributed by atoms with E-state index in [1.165, 1.54) is 6.33 Å². The lowest BCUT2D eigenvalue weighted by molar-refractivity contribution is 0.974. The summed E-state index contributed by atoms with van der Waals surface area (Å²) in [5.41, 5.74) is 0. The average molecular weight is 320 g/mol. The van der Waals surface area contributed by atoms with E-state index < -0.39 is 0 Å². The Bertz CT molecular complexity index is 174. The quantitative estimate of drug-likeness (QED) is 0.734. The van der Waals surface area contributed by atoms with Crippen molar-refractivity contribution < 1.29 is 0 Å². The molecule has 0 saturated carbocycles. The van der Waals surface area contributed by atoms with Crippen molar-refractivity contribution in [1.29, 1.82) is 0 Å². The first kappa shape index (κ1) is 9.45. The molecule has 1 heterocycles. The van der Waals surface area contributed by atoms with Crippen molar-refractivity contribution in [3.8, 4) is 0 Å². The summed E-state index contributed by atoms with van der Waals surface area (Å²) in [6, 6.07) is 0. The van der Waals surface area contributed by atoms with Gasteiger partial charge in [-0.15, -0.1) is 17.0 Å². The highest BCUT2D eigenvalue weighted by atomic mass is 79.9. The summed E-state index contributed by atoms with van der Waals surface area (Å²) in [7, 11) is 0. The molecule has 0 radical (unpaired) electrons. The molecule has 1 aromatic rings. The smallest absolute Gasteiger partial charge is 0.200 e. The summed E-state index contributed by atoms with van der Waals surface area (Å²) in [6.07, 6.45) is 1.42. The molecule has 0 bridgehead atoms. The van der Waals surface area contributed by atoms with Crippen LogP contribution in [0.5, 0.6) is 0 Å². The minimum absolute atomic E-state index is 0. The Labute approximate surface area is 79.3 Å². The van der Waals surface area contributed by atoms with Gasteiger partial charge < -0.3 is 0 Å². The molecule has 50 valence electrons. The maximum atomic E-state index is 3.78. The van der Waals surface area contributed by atoms with E-state index in [0.29, 0.717) is 9.47 Å². The summed E-state index contributed by atoms with van der Waals surface area (Å²) in [5, 5.41) is 0. The van der Waals surface area contributed by atoms with Gasteiger partial charge in [0.25, 0.3) is 0 Å². The zero-order valence-electron chi connectivity index (χ0n) is 4.08. The van der Waals surface area contributed by atoms with E-state index >= 15 is 0 Å². The number of halogens is 3. The van der Waals surface area contributed by atoms with Gasteiger partial charge in [-0.3, -0.25) is 0 Å². The molecule has 9 heavy (non-hydrogen) atoms. The van der Waals surface area contributed by atoms with Crippen molar-refractivity contribution >= 4 is 48.8 Å². The maximum absolute atomic E-state index is 3.78. The van der Waals surface area contributed by atoms with Crippen LogP contribution in [0.2, 0.25) is 0 Å². The van der Waals surface area contributed by atoms with Crippen LogP contribution in [0.4, 0.5) is 0 Å². The lowest BCUT2D eigenvalue weighted by atomic mass is 11.1. The first-order chi connectivity index (χ1) is 3.79. The molecule has 0 aliphatic carbocycles. The molecule has 3 nitrogen and oxygen atoms in total. The number of aromatic nitrogens is 3. The molecule has 0 aliphatic heterocycles. The molecular formula is C3H2Br3N3. The number of nitrogens with zero attached hydrogens (tertiary/aromatic N) is 3. The Morgan fingerprint density at radius 2 is 1.56 bits per heavy atom. The number of hydrogen-bond acceptors (Lipinski definition) is 3. The van der Waals surface area contributed by atoms with Gasteiger partial charge in [0, 0.05) is 0 Å². The fraction of sp³-hybridized carbons (Fsp3) is 0. The van der Waals surface area contributed by atoms with E-state index in [2.05, 4.69) is 46.8 Å². The van der Waals surface area contributed by atoms with E-state index in [-0.39, 0.29) is 17.0 Å². The van der Waals surface area contributed by atoms with E-state index in [4.69, 9.17) is 0 Å². The average Bonchev–Trinajstić information content (AvgIpc) is 1.64. The predicted molar refractivity (Wildman–Crippen MR) is 45.5 cm³/mol. The largest absolute Gasteiger partial charge is 0.210 e. The van der Waals surface area contributed by atoms with E-state index in [9.17, 15) is 0 Å². The Hall–Kier alpha value is 0.450. The highest BCUT2D eigenvalue weighted by Crippen LogP contribution is 2.03. The fourth-order valence-corrected chi connectivity index (χ4v) is 1.02. The number of hydrogen-bond donors (Lipinski definition) is 0. The third-order valence-electron chi connectivity index (χ3n) is 0.513. The monoisotopic (exact) mass is 317 g/mol. The van der Waals surface area contributed by atoms with Crippen LogP contribution in [0.3, 0.4) is 0 Å². The molecule has 1 aromatic heterocycles. The topological polar surface area (TPSA) is 38.7 Å². The zero-order chi connectivity index (χ0) is 5.98. The highest BCUT2D eigenvalue weighted by Gasteiger charge is 1.88. The van der Waals surface area contributed by atoms with Crippen molar-refractivity contribution in [2.24, 2.45) is 0 Å². The van der Waals surface area contributed by atoms with Gasteiger partial charge in [-0.25, -0.2) is 9.97 Å². The minimum Gasteiger partial charge on any atom is -0.210 e. The molecule has 0 amide bonds. The molecule has 0 saturated heterocycles. The molecule has 0 unspecified atom stereocenters. The van der Waals surface area contributed by atoms with Gasteiger partial charge >= 0.3 is 0 Å². The van der Waals surface area contributed by atoms with Crippen LogP contribution in [0.1, 0.15) is 0 Å². The fourth-order valence-electron chi connectivity index (χ4n) is 0.258. The molecule has 0 N–H and O–H groups in total. The van der Waals surface area contributed by atoms with E-state index in [1.807, 2.05) is 0 Å². The molecule has 0 aliphatic rings. The van der Waals surface area contributed by atoms with E-state index in [0.717, 1.165) is 0 Å². The SMILES string of the molecule is Br.Brc1ncnc(Br)n1. The molecule has 0 atom stereocenters. The van der Waals surface area contributed by atoms with Crippen LogP contribution in [-0.2, 0) is 0 Å². The van der Waals surface area contributed by atoms with Gasteiger partial charge in [0.1, 0.15) is 6.33 Å². The van der Waals surface area contributed by atoms with Crippen LogP contribution in [0.15, 0.2) is 15.8 Å². The molecule has 0 fully saturated rings. The van der Waals surface area contributed by atoms with Crippen molar-refractivity contribution in [2.45, 2.75) is 0 Å². The molecule has 0 aromatic carbocycles. The van der Waals surface area contributed by atoms with Gasteiger partial charge in [0.2, 0.25) is 9.47 Å². The van der Waals surface area contributed by atoms with Gasteiger partial charge in [-0.05, 0) is 31.9 Å². The molecule has 0 spiro atoms. The summed E-state index contributed by atoms with van der Waals surface area (Å²) < 4.78 is 1.08. The van der Waals surface area contributed by atoms with Gasteiger partial charge in [0.05, 0.1) is 0 Å². The summed E-state index contributed by atoms with van der Waals surface area (Å²) in [4.78, 5) is 11.2. The summed E-state index contributed by atoms with van der Waals surface area (Å²) in [6.45, 7) is 0. The lowest BCUT2D eigenvalue weighted by Gasteiger charge is -1.85. The maximum Gasteiger partial charge on any atom is 0.200 e. The van der Waals surface area contributed by atoms with Crippen molar-refractivity contribution in [3.63, 3.8) is 0 Å². The second kappa shape index (κ2) is 4.29. The lowest BCUT2D eigenvalue weighted by Crippen LogP contribution is -1.84. The summed E-state index contributed by atoms with van der Waals surface area (Å²) in [5.74, 6) is 0. The van der Waals surface area contributed by atoms with Gasteiger partial charge in [-0.1, -0.05) is 0 Å². The Morgan fingerprint density at radius 3 is 1.78 bits per heavy atom. The molecular weight excluding hydrogens is 318 g/mol. The second-order valence-electron chi connectivity index (χ2n) is 1.02. The van der Waals surface area contributed by atoms with E-state index in [1.54, 1.807) is 0 Å². The first-order valence-electron chi connectivity index (χ1n) is 1.79. The Balaban J connectivity index is 0.000000640. The van der Waals surface area contributed by atoms with Crippen LogP contribution < -0.4 is 0 Å². The zero-order valence-corrected chi connectivity index (χ0v) is 8.97. The highest BCUT2D eigenvalue weighted by molar-refractivity contribution is 9.11. The standard InChI is InChI=1S/C3HBr2N3.BrH/c4-2-6-1-7-3(5)8-2;/h1H;1H. The molecule has 1 rings (SSSR count). The van der Waals surface area contributed by atoms with Crippen LogP contribution in [-0.4, -0.2) is 15.0 Å². The normalized spacial score (nSPS) is 8.22. The van der Waals surface area contributed by atoms with Gasteiger partial charge in [0.15, 0.2) is 0 Å². The van der Waals surface area contributed by atoms with Crippen LogP contribution >= 0.6 is 48.8 Å². The Kier molecular flexibility index (Phi) is 4.51. The van der Waals surface area contributed by atoms with Crippen LogP contribution in [0.25, 0.3) is 0 Å².